The second-order valence-electron chi connectivity index (χ2n) is 8.02. The number of nitrogens with one attached hydrogen (secondary N) is 1. The van der Waals surface area contributed by atoms with E-state index in [0.29, 0.717) is 19.6 Å². The van der Waals surface area contributed by atoms with Gasteiger partial charge >= 0.3 is 6.09 Å². The molecule has 0 aliphatic rings. The standard InChI is InChI=1S/C23H32N4O3/c1-7-26(22(29)30-23(4,5)6)16-15-24-21(28)14-13-20-17(2)25-27(18(20)3)19-11-9-8-10-12-19/h8-14H,7,15-16H2,1-6H3,(H,24,28)/b14-13+. The van der Waals surface area contributed by atoms with Gasteiger partial charge in [-0.25, -0.2) is 9.48 Å². The summed E-state index contributed by atoms with van der Waals surface area (Å²) in [6.45, 7) is 12.5. The lowest BCUT2D eigenvalue weighted by molar-refractivity contribution is -0.116. The first-order valence-corrected chi connectivity index (χ1v) is 10.2. The molecule has 2 amide bonds. The van der Waals surface area contributed by atoms with E-state index in [2.05, 4.69) is 10.4 Å². The van der Waals surface area contributed by atoms with Gasteiger partial charge in [0.25, 0.3) is 0 Å². The van der Waals surface area contributed by atoms with E-state index in [9.17, 15) is 9.59 Å². The molecule has 0 radical (unpaired) electrons. The minimum absolute atomic E-state index is 0.221. The molecule has 0 saturated carbocycles. The molecule has 0 aliphatic carbocycles. The second-order valence-corrected chi connectivity index (χ2v) is 8.02. The van der Waals surface area contributed by atoms with Crippen molar-refractivity contribution >= 4 is 18.1 Å². The Bertz CT molecular complexity index is 895. The zero-order valence-electron chi connectivity index (χ0n) is 18.7. The number of amides is 2. The van der Waals surface area contributed by atoms with Gasteiger partial charge in [0.1, 0.15) is 5.60 Å². The van der Waals surface area contributed by atoms with Gasteiger partial charge in [0.15, 0.2) is 0 Å². The molecule has 30 heavy (non-hydrogen) atoms. The third-order valence-corrected chi connectivity index (χ3v) is 4.46. The number of hydrogen-bond acceptors (Lipinski definition) is 4. The van der Waals surface area contributed by atoms with Crippen LogP contribution in [0.25, 0.3) is 11.8 Å². The summed E-state index contributed by atoms with van der Waals surface area (Å²) in [6, 6.07) is 9.87. The monoisotopic (exact) mass is 412 g/mol. The molecule has 0 bridgehead atoms. The number of carbonyl (C=O) groups excluding carboxylic acids is 2. The van der Waals surface area contributed by atoms with Gasteiger partial charge in [0.05, 0.1) is 11.4 Å². The molecule has 2 rings (SSSR count). The molecule has 1 N–H and O–H groups in total. The lowest BCUT2D eigenvalue weighted by Gasteiger charge is -2.26. The fraction of sp³-hybridized carbons (Fsp3) is 0.435. The Morgan fingerprint density at radius 3 is 2.47 bits per heavy atom. The number of benzene rings is 1. The summed E-state index contributed by atoms with van der Waals surface area (Å²) >= 11 is 0. The Labute approximate surface area is 178 Å². The maximum atomic E-state index is 12.2. The zero-order valence-corrected chi connectivity index (χ0v) is 18.7. The molecular weight excluding hydrogens is 380 g/mol. The summed E-state index contributed by atoms with van der Waals surface area (Å²) in [5.74, 6) is -0.221. The third-order valence-electron chi connectivity index (χ3n) is 4.46. The van der Waals surface area contributed by atoms with E-state index in [0.717, 1.165) is 22.6 Å². The predicted octanol–water partition coefficient (Wildman–Crippen LogP) is 3.88. The van der Waals surface area contributed by atoms with E-state index in [4.69, 9.17) is 4.74 Å². The molecule has 162 valence electrons. The van der Waals surface area contributed by atoms with Crippen LogP contribution in [0.4, 0.5) is 4.79 Å². The Hall–Kier alpha value is -3.09. The van der Waals surface area contributed by atoms with Crippen LogP contribution in [-0.2, 0) is 9.53 Å². The topological polar surface area (TPSA) is 76.5 Å². The van der Waals surface area contributed by atoms with Crippen molar-refractivity contribution in [2.24, 2.45) is 0 Å². The smallest absolute Gasteiger partial charge is 0.410 e. The molecule has 1 heterocycles. The molecule has 0 atom stereocenters. The van der Waals surface area contributed by atoms with Gasteiger partial charge in [-0.2, -0.15) is 5.10 Å². The quantitative estimate of drug-likeness (QED) is 0.700. The lowest BCUT2D eigenvalue weighted by Crippen LogP contribution is -2.41. The number of nitrogens with zero attached hydrogens (tertiary/aromatic N) is 3. The SMILES string of the molecule is CCN(CCNC(=O)/C=C/c1c(C)nn(-c2ccccc2)c1C)C(=O)OC(C)(C)C. The fourth-order valence-corrected chi connectivity index (χ4v) is 2.95. The third kappa shape index (κ3) is 6.47. The van der Waals surface area contributed by atoms with E-state index in [-0.39, 0.29) is 12.0 Å². The van der Waals surface area contributed by atoms with E-state index in [1.54, 1.807) is 11.0 Å². The average Bonchev–Trinajstić information content (AvgIpc) is 2.96. The number of rotatable bonds is 7. The average molecular weight is 413 g/mol. The highest BCUT2D eigenvalue weighted by molar-refractivity contribution is 5.92. The summed E-state index contributed by atoms with van der Waals surface area (Å²) in [5, 5.41) is 7.39. The molecule has 2 aromatic rings. The molecule has 0 unspecified atom stereocenters. The van der Waals surface area contributed by atoms with Gasteiger partial charge in [-0.3, -0.25) is 4.79 Å². The maximum Gasteiger partial charge on any atom is 0.410 e. The van der Waals surface area contributed by atoms with Gasteiger partial charge < -0.3 is 15.0 Å². The van der Waals surface area contributed by atoms with Crippen LogP contribution in [-0.4, -0.2) is 51.9 Å². The van der Waals surface area contributed by atoms with Crippen LogP contribution in [0.5, 0.6) is 0 Å². The van der Waals surface area contributed by atoms with Crippen molar-refractivity contribution in [2.75, 3.05) is 19.6 Å². The number of hydrogen-bond donors (Lipinski definition) is 1. The largest absolute Gasteiger partial charge is 0.444 e. The summed E-state index contributed by atoms with van der Waals surface area (Å²) in [6.07, 6.45) is 2.89. The van der Waals surface area contributed by atoms with Gasteiger partial charge in [0, 0.05) is 37.0 Å². The molecule has 0 fully saturated rings. The summed E-state index contributed by atoms with van der Waals surface area (Å²) in [7, 11) is 0. The minimum Gasteiger partial charge on any atom is -0.444 e. The molecular formula is C23H32N4O3. The Balaban J connectivity index is 1.94. The fourth-order valence-electron chi connectivity index (χ4n) is 2.95. The van der Waals surface area contributed by atoms with Crippen molar-refractivity contribution in [3.63, 3.8) is 0 Å². The summed E-state index contributed by atoms with van der Waals surface area (Å²) in [5.41, 5.74) is 3.16. The number of aryl methyl sites for hydroxylation is 1. The first-order chi connectivity index (χ1) is 14.1. The van der Waals surface area contributed by atoms with Crippen LogP contribution in [0.2, 0.25) is 0 Å². The van der Waals surface area contributed by atoms with Crippen LogP contribution in [0.15, 0.2) is 36.4 Å². The van der Waals surface area contributed by atoms with Crippen molar-refractivity contribution in [1.29, 1.82) is 0 Å². The molecule has 0 aliphatic heterocycles. The maximum absolute atomic E-state index is 12.2. The zero-order chi connectivity index (χ0) is 22.3. The van der Waals surface area contributed by atoms with E-state index >= 15 is 0 Å². The van der Waals surface area contributed by atoms with Gasteiger partial charge in [-0.15, -0.1) is 0 Å². The number of aromatic nitrogens is 2. The van der Waals surface area contributed by atoms with E-state index in [1.807, 2.05) is 76.6 Å². The van der Waals surface area contributed by atoms with Gasteiger partial charge in [-0.1, -0.05) is 18.2 Å². The number of para-hydroxylation sites is 1. The highest BCUT2D eigenvalue weighted by atomic mass is 16.6. The van der Waals surface area contributed by atoms with Crippen molar-refractivity contribution in [3.8, 4) is 5.69 Å². The van der Waals surface area contributed by atoms with Crippen LogP contribution in [0.1, 0.15) is 44.6 Å². The Kier molecular flexibility index (Phi) is 7.80. The summed E-state index contributed by atoms with van der Waals surface area (Å²) in [4.78, 5) is 25.9. The van der Waals surface area contributed by atoms with Crippen LogP contribution < -0.4 is 5.32 Å². The van der Waals surface area contributed by atoms with E-state index in [1.165, 1.54) is 6.08 Å². The van der Waals surface area contributed by atoms with Gasteiger partial charge in [-0.05, 0) is 59.8 Å². The Morgan fingerprint density at radius 2 is 1.87 bits per heavy atom. The number of likely N-dealkylation sites (N-methyl/N-ethyl adjacent to an activating group) is 1. The second kappa shape index (κ2) is 10.1. The van der Waals surface area contributed by atoms with Crippen LogP contribution in [0, 0.1) is 13.8 Å². The first-order valence-electron chi connectivity index (χ1n) is 10.2. The predicted molar refractivity (Wildman–Crippen MR) is 119 cm³/mol. The normalized spacial score (nSPS) is 11.5. The van der Waals surface area contributed by atoms with Gasteiger partial charge in [0.2, 0.25) is 5.91 Å². The first kappa shape index (κ1) is 23.2. The van der Waals surface area contributed by atoms with Crippen molar-refractivity contribution in [2.45, 2.75) is 47.1 Å². The van der Waals surface area contributed by atoms with Crippen LogP contribution >= 0.6 is 0 Å². The molecule has 0 spiro atoms. The molecule has 1 aromatic carbocycles. The molecule has 7 heteroatoms. The van der Waals surface area contributed by atoms with Crippen molar-refractivity contribution < 1.29 is 14.3 Å². The highest BCUT2D eigenvalue weighted by Crippen LogP contribution is 2.19. The summed E-state index contributed by atoms with van der Waals surface area (Å²) < 4.78 is 7.24. The number of carbonyl (C=O) groups is 2. The molecule has 0 saturated heterocycles. The Morgan fingerprint density at radius 1 is 1.20 bits per heavy atom. The lowest BCUT2D eigenvalue weighted by atomic mass is 10.2. The van der Waals surface area contributed by atoms with E-state index < -0.39 is 5.60 Å². The molecule has 7 nitrogen and oxygen atoms in total. The highest BCUT2D eigenvalue weighted by Gasteiger charge is 2.20. The van der Waals surface area contributed by atoms with Crippen molar-refractivity contribution in [3.05, 3.63) is 53.4 Å². The molecule has 1 aromatic heterocycles. The van der Waals surface area contributed by atoms with Crippen LogP contribution in [0.3, 0.4) is 0 Å². The minimum atomic E-state index is -0.545. The van der Waals surface area contributed by atoms with Crippen molar-refractivity contribution in [1.82, 2.24) is 20.0 Å². The number of ether oxygens (including phenoxy) is 1.